The van der Waals surface area contributed by atoms with E-state index in [9.17, 15) is 8.42 Å². The summed E-state index contributed by atoms with van der Waals surface area (Å²) in [6.45, 7) is 0. The Morgan fingerprint density at radius 3 is 2.61 bits per heavy atom. The van der Waals surface area contributed by atoms with Crippen LogP contribution in [0.5, 0.6) is 0 Å². The van der Waals surface area contributed by atoms with Crippen LogP contribution in [0.1, 0.15) is 25.7 Å². The fourth-order valence-electron chi connectivity index (χ4n) is 2.54. The SMILES string of the molecule is NC1CCCC1CCS(=O)(=O)c1ccccc1Cl. The lowest BCUT2D eigenvalue weighted by atomic mass is 10.0. The smallest absolute Gasteiger partial charge is 0.179 e. The molecule has 1 aromatic carbocycles. The molecular formula is C13H18ClNO2S. The molecule has 0 aliphatic heterocycles. The molecule has 3 nitrogen and oxygen atoms in total. The fraction of sp³-hybridized carbons (Fsp3) is 0.538. The van der Waals surface area contributed by atoms with Crippen molar-refractivity contribution in [3.8, 4) is 0 Å². The standard InChI is InChI=1S/C13H18ClNO2S/c14-11-5-1-2-7-13(11)18(16,17)9-8-10-4-3-6-12(10)15/h1-2,5,7,10,12H,3-4,6,8-9,15H2. The highest BCUT2D eigenvalue weighted by atomic mass is 35.5. The van der Waals surface area contributed by atoms with Crippen LogP contribution in [-0.2, 0) is 9.84 Å². The summed E-state index contributed by atoms with van der Waals surface area (Å²) in [7, 11) is -3.29. The van der Waals surface area contributed by atoms with E-state index in [-0.39, 0.29) is 16.7 Å². The zero-order valence-electron chi connectivity index (χ0n) is 10.2. The summed E-state index contributed by atoms with van der Waals surface area (Å²) in [5.74, 6) is 0.469. The van der Waals surface area contributed by atoms with Gasteiger partial charge in [0.1, 0.15) is 0 Å². The topological polar surface area (TPSA) is 60.2 Å². The van der Waals surface area contributed by atoms with Crippen LogP contribution >= 0.6 is 11.6 Å². The minimum atomic E-state index is -3.29. The first-order chi connectivity index (χ1) is 8.50. The van der Waals surface area contributed by atoms with E-state index in [1.165, 1.54) is 0 Å². The Hall–Kier alpha value is -0.580. The number of sulfone groups is 1. The van der Waals surface area contributed by atoms with Gasteiger partial charge in [0.2, 0.25) is 0 Å². The molecule has 0 radical (unpaired) electrons. The predicted octanol–water partition coefficient (Wildman–Crippen LogP) is 2.63. The number of benzene rings is 1. The molecule has 2 rings (SSSR count). The molecule has 2 atom stereocenters. The van der Waals surface area contributed by atoms with Crippen LogP contribution in [0.15, 0.2) is 29.2 Å². The Kier molecular flexibility index (Phi) is 4.30. The van der Waals surface area contributed by atoms with Crippen molar-refractivity contribution in [2.24, 2.45) is 11.7 Å². The zero-order valence-corrected chi connectivity index (χ0v) is 11.8. The molecular weight excluding hydrogens is 270 g/mol. The second-order valence-electron chi connectivity index (χ2n) is 4.89. The van der Waals surface area contributed by atoms with E-state index in [0.29, 0.717) is 17.4 Å². The van der Waals surface area contributed by atoms with Crippen LogP contribution in [0.2, 0.25) is 5.02 Å². The average Bonchev–Trinajstić information content (AvgIpc) is 2.73. The van der Waals surface area contributed by atoms with Gasteiger partial charge < -0.3 is 5.73 Å². The summed E-state index contributed by atoms with van der Waals surface area (Å²) in [5, 5.41) is 0.299. The van der Waals surface area contributed by atoms with Crippen LogP contribution in [-0.4, -0.2) is 20.2 Å². The molecule has 5 heteroatoms. The van der Waals surface area contributed by atoms with Crippen molar-refractivity contribution in [3.63, 3.8) is 0 Å². The molecule has 0 saturated heterocycles. The first kappa shape index (κ1) is 13.8. The number of rotatable bonds is 4. The molecule has 0 aromatic heterocycles. The highest BCUT2D eigenvalue weighted by Gasteiger charge is 2.26. The minimum absolute atomic E-state index is 0.134. The number of hydrogen-bond acceptors (Lipinski definition) is 3. The maximum atomic E-state index is 12.2. The van der Waals surface area contributed by atoms with Crippen molar-refractivity contribution >= 4 is 21.4 Å². The van der Waals surface area contributed by atoms with Crippen LogP contribution in [0.4, 0.5) is 0 Å². The summed E-state index contributed by atoms with van der Waals surface area (Å²) in [6.07, 6.45) is 3.79. The Bertz CT molecular complexity index is 515. The van der Waals surface area contributed by atoms with Gasteiger partial charge in [0.25, 0.3) is 0 Å². The number of nitrogens with two attached hydrogens (primary N) is 1. The Labute approximate surface area is 113 Å². The Balaban J connectivity index is 2.06. The molecule has 2 N–H and O–H groups in total. The minimum Gasteiger partial charge on any atom is -0.327 e. The van der Waals surface area contributed by atoms with Crippen molar-refractivity contribution in [2.75, 3.05) is 5.75 Å². The molecule has 2 unspecified atom stereocenters. The van der Waals surface area contributed by atoms with Crippen molar-refractivity contribution < 1.29 is 8.42 Å². The summed E-state index contributed by atoms with van der Waals surface area (Å²) < 4.78 is 24.4. The van der Waals surface area contributed by atoms with Gasteiger partial charge in [-0.3, -0.25) is 0 Å². The maximum Gasteiger partial charge on any atom is 0.179 e. The molecule has 0 heterocycles. The summed E-state index contributed by atoms with van der Waals surface area (Å²) in [6, 6.07) is 6.75. The number of hydrogen-bond donors (Lipinski definition) is 1. The van der Waals surface area contributed by atoms with Crippen LogP contribution in [0, 0.1) is 5.92 Å². The lowest BCUT2D eigenvalue weighted by molar-refractivity contribution is 0.464. The van der Waals surface area contributed by atoms with Gasteiger partial charge in [-0.1, -0.05) is 30.2 Å². The van der Waals surface area contributed by atoms with Crippen molar-refractivity contribution in [3.05, 3.63) is 29.3 Å². The Morgan fingerprint density at radius 2 is 2.00 bits per heavy atom. The molecule has 0 amide bonds. The van der Waals surface area contributed by atoms with E-state index < -0.39 is 9.84 Å². The largest absolute Gasteiger partial charge is 0.327 e. The van der Waals surface area contributed by atoms with Gasteiger partial charge in [-0.25, -0.2) is 8.42 Å². The zero-order chi connectivity index (χ0) is 13.2. The van der Waals surface area contributed by atoms with E-state index in [4.69, 9.17) is 17.3 Å². The first-order valence-corrected chi connectivity index (χ1v) is 8.26. The first-order valence-electron chi connectivity index (χ1n) is 6.23. The molecule has 0 spiro atoms. The summed E-state index contributed by atoms with van der Waals surface area (Å²) >= 11 is 5.93. The molecule has 0 bridgehead atoms. The van der Waals surface area contributed by atoms with Crippen molar-refractivity contribution in [1.29, 1.82) is 0 Å². The van der Waals surface area contributed by atoms with Gasteiger partial charge in [0.05, 0.1) is 15.7 Å². The van der Waals surface area contributed by atoms with Gasteiger partial charge >= 0.3 is 0 Å². The van der Waals surface area contributed by atoms with Gasteiger partial charge in [0, 0.05) is 6.04 Å². The third-order valence-electron chi connectivity index (χ3n) is 3.65. The molecule has 18 heavy (non-hydrogen) atoms. The second-order valence-corrected chi connectivity index (χ2v) is 7.38. The van der Waals surface area contributed by atoms with Gasteiger partial charge in [0.15, 0.2) is 9.84 Å². The van der Waals surface area contributed by atoms with E-state index in [1.54, 1.807) is 24.3 Å². The highest BCUT2D eigenvalue weighted by molar-refractivity contribution is 7.91. The highest BCUT2D eigenvalue weighted by Crippen LogP contribution is 2.29. The third kappa shape index (κ3) is 3.05. The molecule has 1 saturated carbocycles. The van der Waals surface area contributed by atoms with E-state index in [0.717, 1.165) is 19.3 Å². The maximum absolute atomic E-state index is 12.2. The monoisotopic (exact) mass is 287 g/mol. The average molecular weight is 288 g/mol. The fourth-order valence-corrected chi connectivity index (χ4v) is 4.51. The van der Waals surface area contributed by atoms with Gasteiger partial charge in [-0.2, -0.15) is 0 Å². The lowest BCUT2D eigenvalue weighted by Gasteiger charge is -2.15. The Morgan fingerprint density at radius 1 is 1.28 bits per heavy atom. The lowest BCUT2D eigenvalue weighted by Crippen LogP contribution is -2.26. The van der Waals surface area contributed by atoms with E-state index in [1.807, 2.05) is 0 Å². The third-order valence-corrected chi connectivity index (χ3v) is 5.89. The van der Waals surface area contributed by atoms with Crippen molar-refractivity contribution in [1.82, 2.24) is 0 Å². The molecule has 100 valence electrons. The summed E-state index contributed by atoms with van der Waals surface area (Å²) in [4.78, 5) is 0.234. The van der Waals surface area contributed by atoms with Crippen LogP contribution < -0.4 is 5.73 Å². The van der Waals surface area contributed by atoms with Crippen LogP contribution in [0.25, 0.3) is 0 Å². The molecule has 1 aromatic rings. The van der Waals surface area contributed by atoms with E-state index in [2.05, 4.69) is 0 Å². The van der Waals surface area contributed by atoms with E-state index >= 15 is 0 Å². The van der Waals surface area contributed by atoms with Crippen LogP contribution in [0.3, 0.4) is 0 Å². The number of halogens is 1. The predicted molar refractivity (Wildman–Crippen MR) is 73.4 cm³/mol. The van der Waals surface area contributed by atoms with Crippen molar-refractivity contribution in [2.45, 2.75) is 36.6 Å². The summed E-state index contributed by atoms with van der Waals surface area (Å²) in [5.41, 5.74) is 5.96. The second kappa shape index (κ2) is 5.59. The normalized spacial score (nSPS) is 24.3. The van der Waals surface area contributed by atoms with Gasteiger partial charge in [-0.15, -0.1) is 0 Å². The quantitative estimate of drug-likeness (QED) is 0.926. The molecule has 1 aliphatic carbocycles. The van der Waals surface area contributed by atoms with Gasteiger partial charge in [-0.05, 0) is 37.3 Å². The molecule has 1 aliphatic rings. The molecule has 1 fully saturated rings.